The summed E-state index contributed by atoms with van der Waals surface area (Å²) in [5, 5.41) is 3.51. The maximum Gasteiger partial charge on any atom is 0.226 e. The number of carbonyl (C=O) groups excluding carboxylic acids is 1. The minimum Gasteiger partial charge on any atom is -0.353 e. The molecule has 154 valence electrons. The predicted molar refractivity (Wildman–Crippen MR) is 115 cm³/mol. The number of amides is 1. The molecule has 2 bridgehead atoms. The summed E-state index contributed by atoms with van der Waals surface area (Å²) in [7, 11) is 0. The smallest absolute Gasteiger partial charge is 0.226 e. The van der Waals surface area contributed by atoms with E-state index in [1.165, 1.54) is 18.4 Å². The molecule has 0 saturated heterocycles. The molecule has 1 aromatic rings. The second-order valence-electron chi connectivity index (χ2n) is 10.6. The SMILES string of the molecule is CC1CC2(C(=O)N[C@H]3CC[C@H](CN)CC3)CC(C)CC(c3ccccc3)(C1)C2. The van der Waals surface area contributed by atoms with Gasteiger partial charge in [0.25, 0.3) is 0 Å². The predicted octanol–water partition coefficient (Wildman–Crippen LogP) is 4.79. The van der Waals surface area contributed by atoms with Crippen LogP contribution in [0.15, 0.2) is 30.3 Å². The number of hydrogen-bond donors (Lipinski definition) is 2. The Morgan fingerprint density at radius 3 is 2.18 bits per heavy atom. The molecule has 0 spiro atoms. The van der Waals surface area contributed by atoms with Crippen molar-refractivity contribution in [3.63, 3.8) is 0 Å². The first kappa shape index (κ1) is 19.9. The molecule has 3 nitrogen and oxygen atoms in total. The molecule has 2 unspecified atom stereocenters. The number of fused-ring (bicyclic) bond motifs is 2. The quantitative estimate of drug-likeness (QED) is 0.786. The Hall–Kier alpha value is -1.35. The highest BCUT2D eigenvalue weighted by Gasteiger charge is 2.56. The number of carbonyl (C=O) groups is 1. The summed E-state index contributed by atoms with van der Waals surface area (Å²) < 4.78 is 0. The van der Waals surface area contributed by atoms with E-state index >= 15 is 0 Å². The van der Waals surface area contributed by atoms with Gasteiger partial charge in [0.05, 0.1) is 5.41 Å². The minimum absolute atomic E-state index is 0.172. The van der Waals surface area contributed by atoms with Crippen molar-refractivity contribution in [3.8, 4) is 0 Å². The van der Waals surface area contributed by atoms with E-state index in [1.807, 2.05) is 0 Å². The van der Waals surface area contributed by atoms with Gasteiger partial charge in [-0.25, -0.2) is 0 Å². The second-order valence-corrected chi connectivity index (χ2v) is 10.6. The molecule has 3 fully saturated rings. The first-order chi connectivity index (χ1) is 13.4. The van der Waals surface area contributed by atoms with Crippen LogP contribution >= 0.6 is 0 Å². The fourth-order valence-electron chi connectivity index (χ4n) is 7.19. The van der Waals surface area contributed by atoms with Crippen LogP contribution < -0.4 is 11.1 Å². The summed E-state index contributed by atoms with van der Waals surface area (Å²) in [4.78, 5) is 13.7. The third-order valence-corrected chi connectivity index (χ3v) is 8.02. The van der Waals surface area contributed by atoms with Crippen molar-refractivity contribution >= 4 is 5.91 Å². The van der Waals surface area contributed by atoms with Gasteiger partial charge in [0.1, 0.15) is 0 Å². The van der Waals surface area contributed by atoms with Gasteiger partial charge in [0, 0.05) is 6.04 Å². The Balaban J connectivity index is 1.56. The molecule has 0 aliphatic heterocycles. The van der Waals surface area contributed by atoms with E-state index in [2.05, 4.69) is 49.5 Å². The van der Waals surface area contributed by atoms with Crippen molar-refractivity contribution in [2.24, 2.45) is 28.9 Å². The molecule has 1 aromatic carbocycles. The summed E-state index contributed by atoms with van der Waals surface area (Å²) in [6, 6.07) is 11.4. The molecule has 0 radical (unpaired) electrons. The van der Waals surface area contributed by atoms with Gasteiger partial charge in [-0.15, -0.1) is 0 Å². The van der Waals surface area contributed by atoms with Gasteiger partial charge < -0.3 is 11.1 Å². The van der Waals surface area contributed by atoms with Crippen LogP contribution in [0.2, 0.25) is 0 Å². The zero-order valence-electron chi connectivity index (χ0n) is 17.8. The highest BCUT2D eigenvalue weighted by Crippen LogP contribution is 2.59. The molecular weight excluding hydrogens is 344 g/mol. The Bertz CT molecular complexity index is 663. The van der Waals surface area contributed by atoms with Gasteiger partial charge in [-0.1, -0.05) is 44.2 Å². The first-order valence-corrected chi connectivity index (χ1v) is 11.5. The zero-order valence-corrected chi connectivity index (χ0v) is 17.8. The van der Waals surface area contributed by atoms with Gasteiger partial charge in [-0.3, -0.25) is 4.79 Å². The normalized spacial score (nSPS) is 40.7. The molecule has 1 amide bonds. The molecule has 3 heteroatoms. The molecule has 3 saturated carbocycles. The van der Waals surface area contributed by atoms with Crippen molar-refractivity contribution in [1.29, 1.82) is 0 Å². The summed E-state index contributed by atoms with van der Waals surface area (Å²) in [6.45, 7) is 5.52. The highest BCUT2D eigenvalue weighted by molar-refractivity contribution is 5.83. The van der Waals surface area contributed by atoms with E-state index in [4.69, 9.17) is 5.73 Å². The van der Waals surface area contributed by atoms with Crippen LogP contribution in [0.5, 0.6) is 0 Å². The number of hydrogen-bond acceptors (Lipinski definition) is 2. The molecular formula is C25H38N2O. The third-order valence-electron chi connectivity index (χ3n) is 8.02. The fourth-order valence-corrected chi connectivity index (χ4v) is 7.19. The maximum absolute atomic E-state index is 13.7. The van der Waals surface area contributed by atoms with E-state index in [9.17, 15) is 4.79 Å². The van der Waals surface area contributed by atoms with Crippen molar-refractivity contribution < 1.29 is 4.79 Å². The van der Waals surface area contributed by atoms with Crippen LogP contribution in [0, 0.1) is 23.2 Å². The van der Waals surface area contributed by atoms with E-state index in [1.54, 1.807) is 0 Å². The van der Waals surface area contributed by atoms with Gasteiger partial charge in [0.2, 0.25) is 5.91 Å². The van der Waals surface area contributed by atoms with Crippen LogP contribution in [0.4, 0.5) is 0 Å². The number of nitrogens with two attached hydrogens (primary N) is 1. The lowest BCUT2D eigenvalue weighted by Crippen LogP contribution is -2.56. The van der Waals surface area contributed by atoms with Gasteiger partial charge in [-0.2, -0.15) is 0 Å². The summed E-state index contributed by atoms with van der Waals surface area (Å²) in [6.07, 6.45) is 10.1. The lowest BCUT2D eigenvalue weighted by atomic mass is 9.48. The molecule has 4 rings (SSSR count). The summed E-state index contributed by atoms with van der Waals surface area (Å²) >= 11 is 0. The monoisotopic (exact) mass is 382 g/mol. The number of benzene rings is 1. The average molecular weight is 383 g/mol. The first-order valence-electron chi connectivity index (χ1n) is 11.5. The topological polar surface area (TPSA) is 55.1 Å². The Labute approximate surface area is 170 Å². The molecule has 3 aliphatic rings. The van der Waals surface area contributed by atoms with Crippen LogP contribution in [0.25, 0.3) is 0 Å². The van der Waals surface area contributed by atoms with E-state index in [0.717, 1.165) is 51.5 Å². The molecule has 3 aliphatic carbocycles. The van der Waals surface area contributed by atoms with Gasteiger partial charge >= 0.3 is 0 Å². The van der Waals surface area contributed by atoms with E-state index in [0.29, 0.717) is 29.7 Å². The molecule has 2 atom stereocenters. The molecule has 0 aromatic heterocycles. The van der Waals surface area contributed by atoms with Crippen molar-refractivity contribution in [3.05, 3.63) is 35.9 Å². The maximum atomic E-state index is 13.7. The number of rotatable bonds is 4. The standard InChI is InChI=1S/C25H38N2O/c1-18-12-24(21-6-4-3-5-7-21)13-19(2)15-25(14-18,17-24)23(28)27-22-10-8-20(16-26)9-11-22/h3-7,18-20,22H,8-17,26H2,1-2H3,(H,27,28)/t18?,19?,20-,22-,24?,25?. The van der Waals surface area contributed by atoms with Crippen molar-refractivity contribution in [2.75, 3.05) is 6.54 Å². The molecule has 28 heavy (non-hydrogen) atoms. The summed E-state index contributed by atoms with van der Waals surface area (Å²) in [5.74, 6) is 2.20. The third kappa shape index (κ3) is 3.75. The largest absolute Gasteiger partial charge is 0.353 e. The Kier molecular flexibility index (Phi) is 5.57. The highest BCUT2D eigenvalue weighted by atomic mass is 16.2. The lowest BCUT2D eigenvalue weighted by Gasteiger charge is -2.56. The van der Waals surface area contributed by atoms with E-state index < -0.39 is 0 Å². The fraction of sp³-hybridized carbons (Fsp3) is 0.720. The summed E-state index contributed by atoms with van der Waals surface area (Å²) in [5.41, 5.74) is 7.28. The Morgan fingerprint density at radius 2 is 1.61 bits per heavy atom. The Morgan fingerprint density at radius 1 is 1.00 bits per heavy atom. The van der Waals surface area contributed by atoms with Crippen LogP contribution in [-0.2, 0) is 10.2 Å². The molecule has 3 N–H and O–H groups in total. The minimum atomic E-state index is -0.185. The average Bonchev–Trinajstić information content (AvgIpc) is 2.68. The van der Waals surface area contributed by atoms with Gasteiger partial charge in [0.15, 0.2) is 0 Å². The van der Waals surface area contributed by atoms with Crippen molar-refractivity contribution in [1.82, 2.24) is 5.32 Å². The number of nitrogens with one attached hydrogen (secondary N) is 1. The van der Waals surface area contributed by atoms with E-state index in [-0.39, 0.29) is 10.8 Å². The van der Waals surface area contributed by atoms with Crippen LogP contribution in [-0.4, -0.2) is 18.5 Å². The van der Waals surface area contributed by atoms with Gasteiger partial charge in [-0.05, 0) is 93.1 Å². The lowest BCUT2D eigenvalue weighted by molar-refractivity contribution is -0.142. The van der Waals surface area contributed by atoms with Crippen LogP contribution in [0.1, 0.15) is 77.2 Å². The molecule has 0 heterocycles. The van der Waals surface area contributed by atoms with Crippen molar-refractivity contribution in [2.45, 2.75) is 83.1 Å². The second kappa shape index (κ2) is 7.82. The zero-order chi connectivity index (χ0) is 19.8. The van der Waals surface area contributed by atoms with Crippen LogP contribution in [0.3, 0.4) is 0 Å².